The van der Waals surface area contributed by atoms with Gasteiger partial charge in [-0.05, 0) is 43.3 Å². The van der Waals surface area contributed by atoms with Gasteiger partial charge in [0.25, 0.3) is 11.7 Å². The Morgan fingerprint density at radius 3 is 2.73 bits per heavy atom. The van der Waals surface area contributed by atoms with Crippen molar-refractivity contribution in [3.63, 3.8) is 0 Å². The number of rotatable bonds is 6. The highest BCUT2D eigenvalue weighted by atomic mass is 16.5. The van der Waals surface area contributed by atoms with E-state index in [0.717, 1.165) is 0 Å². The number of amides is 1. The number of carbonyl (C=O) groups excluding carboxylic acids is 2. The molecule has 1 unspecified atom stereocenters. The predicted octanol–water partition coefficient (Wildman–Crippen LogP) is 3.70. The van der Waals surface area contributed by atoms with Crippen molar-refractivity contribution in [2.75, 3.05) is 6.61 Å². The Morgan fingerprint density at radius 2 is 2.03 bits per heavy atom. The van der Waals surface area contributed by atoms with Crippen molar-refractivity contribution in [2.24, 2.45) is 0 Å². The molecule has 2 aromatic heterocycles. The lowest BCUT2D eigenvalue weighted by Gasteiger charge is -2.23. The Morgan fingerprint density at radius 1 is 1.17 bits per heavy atom. The second kappa shape index (κ2) is 8.24. The van der Waals surface area contributed by atoms with Crippen molar-refractivity contribution >= 4 is 17.4 Å². The molecular weight excluding hydrogens is 384 g/mol. The third-order valence-electron chi connectivity index (χ3n) is 4.83. The van der Waals surface area contributed by atoms with Crippen LogP contribution in [-0.2, 0) is 16.1 Å². The van der Waals surface area contributed by atoms with Gasteiger partial charge in [0.15, 0.2) is 0 Å². The Balaban J connectivity index is 1.84. The van der Waals surface area contributed by atoms with Crippen LogP contribution >= 0.6 is 0 Å². The van der Waals surface area contributed by atoms with Crippen molar-refractivity contribution < 1.29 is 23.8 Å². The van der Waals surface area contributed by atoms with Gasteiger partial charge >= 0.3 is 0 Å². The number of aliphatic hydroxyl groups excluding tert-OH is 1. The highest BCUT2D eigenvalue weighted by molar-refractivity contribution is 6.46. The molecule has 0 saturated carbocycles. The van der Waals surface area contributed by atoms with Crippen molar-refractivity contribution in [1.82, 2.24) is 9.88 Å². The second-order valence-corrected chi connectivity index (χ2v) is 6.72. The number of benzene rings is 1. The molecule has 3 aromatic rings. The minimum Gasteiger partial charge on any atom is -0.507 e. The lowest BCUT2D eigenvalue weighted by molar-refractivity contribution is -0.140. The first-order chi connectivity index (χ1) is 14.6. The number of ether oxygens (including phenoxy) is 1. The molecule has 1 fully saturated rings. The molecule has 1 aliphatic rings. The average molecular weight is 404 g/mol. The molecule has 1 aliphatic heterocycles. The Labute approximate surface area is 173 Å². The van der Waals surface area contributed by atoms with Crippen LogP contribution in [0.3, 0.4) is 0 Å². The summed E-state index contributed by atoms with van der Waals surface area (Å²) in [6, 6.07) is 14.6. The minimum absolute atomic E-state index is 0.0149. The maximum atomic E-state index is 13.0. The van der Waals surface area contributed by atoms with Crippen molar-refractivity contribution in [1.29, 1.82) is 0 Å². The third-order valence-corrected chi connectivity index (χ3v) is 4.83. The number of nitrogens with zero attached hydrogens (tertiary/aromatic N) is 2. The van der Waals surface area contributed by atoms with Gasteiger partial charge in [-0.15, -0.1) is 0 Å². The molecule has 1 atom stereocenters. The molecule has 1 saturated heterocycles. The fourth-order valence-electron chi connectivity index (χ4n) is 3.51. The number of carbonyl (C=O) groups is 2. The molecule has 152 valence electrons. The smallest absolute Gasteiger partial charge is 0.296 e. The number of Topliss-reactive ketones (excluding diaryl/α,β-unsaturated/α-hetero) is 1. The number of pyridine rings is 1. The summed E-state index contributed by atoms with van der Waals surface area (Å²) >= 11 is 0. The first-order valence-corrected chi connectivity index (χ1v) is 9.55. The normalized spacial score (nSPS) is 18.0. The molecule has 0 bridgehead atoms. The highest BCUT2D eigenvalue weighted by Crippen LogP contribution is 2.39. The molecule has 3 heterocycles. The summed E-state index contributed by atoms with van der Waals surface area (Å²) in [4.78, 5) is 31.5. The Bertz CT molecular complexity index is 1090. The quantitative estimate of drug-likeness (QED) is 0.383. The summed E-state index contributed by atoms with van der Waals surface area (Å²) in [6.07, 6.45) is 3.08. The summed E-state index contributed by atoms with van der Waals surface area (Å²) in [7, 11) is 0. The van der Waals surface area contributed by atoms with Gasteiger partial charge in [0.1, 0.15) is 23.3 Å². The van der Waals surface area contributed by atoms with E-state index < -0.39 is 17.7 Å². The van der Waals surface area contributed by atoms with E-state index in [-0.39, 0.29) is 17.9 Å². The lowest BCUT2D eigenvalue weighted by atomic mass is 9.98. The number of ketones is 1. The first-order valence-electron chi connectivity index (χ1n) is 9.55. The second-order valence-electron chi connectivity index (χ2n) is 6.72. The molecule has 7 nitrogen and oxygen atoms in total. The fraction of sp³-hybridized carbons (Fsp3) is 0.174. The molecule has 1 amide bonds. The fourth-order valence-corrected chi connectivity index (χ4v) is 3.51. The molecule has 0 aliphatic carbocycles. The lowest BCUT2D eigenvalue weighted by Crippen LogP contribution is -2.29. The topological polar surface area (TPSA) is 92.9 Å². The van der Waals surface area contributed by atoms with E-state index in [9.17, 15) is 14.7 Å². The van der Waals surface area contributed by atoms with Gasteiger partial charge in [-0.1, -0.05) is 18.2 Å². The molecule has 4 rings (SSSR count). The van der Waals surface area contributed by atoms with Crippen LogP contribution in [0.25, 0.3) is 5.76 Å². The van der Waals surface area contributed by atoms with E-state index in [0.29, 0.717) is 29.4 Å². The van der Waals surface area contributed by atoms with Crippen LogP contribution in [0.2, 0.25) is 0 Å². The Kier molecular flexibility index (Phi) is 5.34. The number of aromatic nitrogens is 1. The number of hydrogen-bond acceptors (Lipinski definition) is 6. The van der Waals surface area contributed by atoms with E-state index in [1.165, 1.54) is 11.2 Å². The zero-order chi connectivity index (χ0) is 21.1. The van der Waals surface area contributed by atoms with E-state index in [2.05, 4.69) is 4.98 Å². The van der Waals surface area contributed by atoms with Gasteiger partial charge < -0.3 is 19.2 Å². The third kappa shape index (κ3) is 3.57. The minimum atomic E-state index is -0.841. The van der Waals surface area contributed by atoms with Gasteiger partial charge in [0.05, 0.1) is 30.7 Å². The largest absolute Gasteiger partial charge is 0.507 e. The monoisotopic (exact) mass is 404 g/mol. The molecule has 1 aromatic carbocycles. The van der Waals surface area contributed by atoms with E-state index in [4.69, 9.17) is 9.15 Å². The van der Waals surface area contributed by atoms with Gasteiger partial charge in [-0.2, -0.15) is 0 Å². The van der Waals surface area contributed by atoms with E-state index >= 15 is 0 Å². The van der Waals surface area contributed by atoms with Crippen LogP contribution in [0.5, 0.6) is 5.75 Å². The van der Waals surface area contributed by atoms with Crippen LogP contribution in [0.1, 0.15) is 30.0 Å². The first kappa shape index (κ1) is 19.4. The predicted molar refractivity (Wildman–Crippen MR) is 108 cm³/mol. The number of furan rings is 1. The zero-order valence-corrected chi connectivity index (χ0v) is 16.3. The maximum Gasteiger partial charge on any atom is 0.296 e. The number of aliphatic hydroxyl groups is 1. The summed E-state index contributed by atoms with van der Waals surface area (Å²) in [5.74, 6) is -0.675. The molecule has 0 spiro atoms. The van der Waals surface area contributed by atoms with Gasteiger partial charge in [-0.25, -0.2) is 0 Å². The standard InChI is InChI=1S/C23H20N2O5/c1-2-29-16-8-5-7-15(13-16)21(26)19-20(18-10-3-4-11-24-18)25(23(28)22(19)27)14-17-9-6-12-30-17/h3-13,20,26H,2,14H2,1H3/b21-19-. The van der Waals surface area contributed by atoms with Crippen LogP contribution in [0.15, 0.2) is 77.0 Å². The van der Waals surface area contributed by atoms with Gasteiger partial charge in [0, 0.05) is 11.8 Å². The summed E-state index contributed by atoms with van der Waals surface area (Å²) in [6.45, 7) is 2.40. The van der Waals surface area contributed by atoms with Crippen LogP contribution in [0, 0.1) is 0 Å². The Hall–Kier alpha value is -3.87. The van der Waals surface area contributed by atoms with Crippen molar-refractivity contribution in [2.45, 2.75) is 19.5 Å². The van der Waals surface area contributed by atoms with Crippen molar-refractivity contribution in [3.05, 3.63) is 89.6 Å². The molecule has 0 radical (unpaired) electrons. The zero-order valence-electron chi connectivity index (χ0n) is 16.3. The molecular formula is C23H20N2O5. The average Bonchev–Trinajstić information content (AvgIpc) is 3.37. The molecule has 1 N–H and O–H groups in total. The highest BCUT2D eigenvalue weighted by Gasteiger charge is 2.47. The van der Waals surface area contributed by atoms with E-state index in [1.54, 1.807) is 60.8 Å². The van der Waals surface area contributed by atoms with Crippen LogP contribution < -0.4 is 4.74 Å². The number of likely N-dealkylation sites (tertiary alicyclic amines) is 1. The van der Waals surface area contributed by atoms with Gasteiger partial charge in [-0.3, -0.25) is 14.6 Å². The van der Waals surface area contributed by atoms with Gasteiger partial charge in [0.2, 0.25) is 0 Å². The summed E-state index contributed by atoms with van der Waals surface area (Å²) in [5, 5.41) is 11.0. The number of hydrogen-bond donors (Lipinski definition) is 1. The van der Waals surface area contributed by atoms with E-state index in [1.807, 2.05) is 6.92 Å². The summed E-state index contributed by atoms with van der Waals surface area (Å²) in [5.41, 5.74) is 0.850. The van der Waals surface area contributed by atoms with Crippen molar-refractivity contribution in [3.8, 4) is 5.75 Å². The van der Waals surface area contributed by atoms with Crippen LogP contribution in [-0.4, -0.2) is 33.3 Å². The molecule has 7 heteroatoms. The summed E-state index contributed by atoms with van der Waals surface area (Å²) < 4.78 is 10.9. The van der Waals surface area contributed by atoms with Crippen LogP contribution in [0.4, 0.5) is 0 Å². The maximum absolute atomic E-state index is 13.0. The SMILES string of the molecule is CCOc1cccc(/C(O)=C2/C(=O)C(=O)N(Cc3ccco3)C2c2ccccn2)c1. The molecule has 30 heavy (non-hydrogen) atoms.